The number of imidazole rings is 1. The molecule has 1 aromatic carbocycles. The van der Waals surface area contributed by atoms with Gasteiger partial charge in [0.1, 0.15) is 17.3 Å². The summed E-state index contributed by atoms with van der Waals surface area (Å²) in [5.41, 5.74) is 9.41. The Kier molecular flexibility index (Phi) is 4.43. The number of pyridine rings is 1. The lowest BCUT2D eigenvalue weighted by molar-refractivity contribution is -0.127. The van der Waals surface area contributed by atoms with E-state index in [1.807, 2.05) is 35.0 Å². The van der Waals surface area contributed by atoms with E-state index in [9.17, 15) is 4.79 Å². The van der Waals surface area contributed by atoms with Crippen LogP contribution < -0.4 is 11.1 Å². The maximum atomic E-state index is 12.0. The molecule has 0 atom stereocenters. The molecule has 0 saturated carbocycles. The molecule has 0 radical (unpaired) electrons. The average molecular weight is 360 g/mol. The summed E-state index contributed by atoms with van der Waals surface area (Å²) in [5.74, 6) is 1.47. The van der Waals surface area contributed by atoms with Crippen molar-refractivity contribution >= 4 is 23.6 Å². The molecule has 3 N–H and O–H groups in total. The monoisotopic (exact) mass is 360 g/mol. The van der Waals surface area contributed by atoms with Crippen LogP contribution in [0.1, 0.15) is 11.4 Å². The van der Waals surface area contributed by atoms with Gasteiger partial charge in [0.15, 0.2) is 0 Å². The summed E-state index contributed by atoms with van der Waals surface area (Å²) in [6.45, 7) is 2.40. The molecule has 3 heterocycles. The molecule has 3 aromatic rings. The van der Waals surface area contributed by atoms with Crippen molar-refractivity contribution in [3.05, 3.63) is 66.4 Å². The summed E-state index contributed by atoms with van der Waals surface area (Å²) < 4.78 is 1.97. The van der Waals surface area contributed by atoms with Crippen LogP contribution >= 0.6 is 0 Å². The molecule has 1 amide bonds. The highest BCUT2D eigenvalue weighted by atomic mass is 16.2. The Balaban J connectivity index is 1.78. The largest absolute Gasteiger partial charge is 0.339 e. The number of nitrogens with one attached hydrogen (secondary N) is 1. The molecule has 136 valence electrons. The number of carbonyl (C=O) groups is 1. The number of aromatic nitrogens is 3. The van der Waals surface area contributed by atoms with Crippen LogP contribution in [0.2, 0.25) is 0 Å². The lowest BCUT2D eigenvalue weighted by atomic mass is 10.2. The van der Waals surface area contributed by atoms with E-state index in [1.165, 1.54) is 5.56 Å². The van der Waals surface area contributed by atoms with E-state index in [0.717, 1.165) is 28.6 Å². The minimum absolute atomic E-state index is 0.0310. The standard InChI is InChI=1S/C20H20N6O/c1-14-2-4-16(5-3-14)23-20-19(15-6-8-22-9-7-15)24-17-13-25(18(27)12-21)10-11-26(17)20/h2-11,23H,12-13,21H2,1H3. The van der Waals surface area contributed by atoms with Gasteiger partial charge in [-0.05, 0) is 31.2 Å². The van der Waals surface area contributed by atoms with E-state index in [1.54, 1.807) is 23.5 Å². The van der Waals surface area contributed by atoms with E-state index >= 15 is 0 Å². The van der Waals surface area contributed by atoms with Gasteiger partial charge in [0.2, 0.25) is 5.91 Å². The topological polar surface area (TPSA) is 89.1 Å². The number of amides is 1. The first kappa shape index (κ1) is 17.0. The van der Waals surface area contributed by atoms with Gasteiger partial charge in [-0.1, -0.05) is 17.7 Å². The van der Waals surface area contributed by atoms with Crippen molar-refractivity contribution in [2.24, 2.45) is 5.73 Å². The lowest BCUT2D eigenvalue weighted by Gasteiger charge is -2.22. The Morgan fingerprint density at radius 1 is 1.15 bits per heavy atom. The Morgan fingerprint density at radius 3 is 2.59 bits per heavy atom. The molecule has 2 aromatic heterocycles. The molecule has 7 heteroatoms. The smallest absolute Gasteiger partial charge is 0.240 e. The fourth-order valence-corrected chi connectivity index (χ4v) is 3.00. The molecule has 7 nitrogen and oxygen atoms in total. The lowest BCUT2D eigenvalue weighted by Crippen LogP contribution is -2.33. The van der Waals surface area contributed by atoms with E-state index in [0.29, 0.717) is 6.54 Å². The zero-order valence-corrected chi connectivity index (χ0v) is 15.0. The highest BCUT2D eigenvalue weighted by molar-refractivity contribution is 5.81. The molecule has 4 rings (SSSR count). The van der Waals surface area contributed by atoms with E-state index in [2.05, 4.69) is 29.4 Å². The molecule has 0 bridgehead atoms. The van der Waals surface area contributed by atoms with E-state index in [-0.39, 0.29) is 12.5 Å². The molecule has 0 spiro atoms. The average Bonchev–Trinajstić information content (AvgIpc) is 3.07. The van der Waals surface area contributed by atoms with Gasteiger partial charge in [0, 0.05) is 36.0 Å². The van der Waals surface area contributed by atoms with Crippen molar-refractivity contribution in [1.82, 2.24) is 19.4 Å². The Morgan fingerprint density at radius 2 is 1.89 bits per heavy atom. The first-order valence-electron chi connectivity index (χ1n) is 8.69. The van der Waals surface area contributed by atoms with Crippen molar-refractivity contribution in [2.45, 2.75) is 13.5 Å². The Hall–Kier alpha value is -3.45. The zero-order valence-electron chi connectivity index (χ0n) is 15.0. The van der Waals surface area contributed by atoms with Crippen LogP contribution in [0.15, 0.2) is 55.0 Å². The highest BCUT2D eigenvalue weighted by Gasteiger charge is 2.23. The van der Waals surface area contributed by atoms with Crippen LogP contribution in [0, 0.1) is 6.92 Å². The van der Waals surface area contributed by atoms with Crippen LogP contribution in [0.4, 0.5) is 11.5 Å². The Bertz CT molecular complexity index is 991. The van der Waals surface area contributed by atoms with Crippen LogP contribution in [0.3, 0.4) is 0 Å². The summed E-state index contributed by atoms with van der Waals surface area (Å²) in [7, 11) is 0. The molecular weight excluding hydrogens is 340 g/mol. The number of hydrogen-bond donors (Lipinski definition) is 2. The maximum absolute atomic E-state index is 12.0. The second-order valence-corrected chi connectivity index (χ2v) is 6.35. The number of fused-ring (bicyclic) bond motifs is 1. The fourth-order valence-electron chi connectivity index (χ4n) is 3.00. The van der Waals surface area contributed by atoms with Crippen LogP contribution in [0.5, 0.6) is 0 Å². The van der Waals surface area contributed by atoms with Gasteiger partial charge in [-0.3, -0.25) is 14.3 Å². The summed E-state index contributed by atoms with van der Waals surface area (Å²) in [6, 6.07) is 12.0. The maximum Gasteiger partial charge on any atom is 0.240 e. The van der Waals surface area contributed by atoms with Gasteiger partial charge in [-0.25, -0.2) is 4.98 Å². The minimum atomic E-state index is -0.140. The van der Waals surface area contributed by atoms with E-state index < -0.39 is 0 Å². The number of carbonyl (C=O) groups excluding carboxylic acids is 1. The molecule has 27 heavy (non-hydrogen) atoms. The van der Waals surface area contributed by atoms with Crippen molar-refractivity contribution in [1.29, 1.82) is 0 Å². The number of aryl methyl sites for hydroxylation is 1. The van der Waals surface area contributed by atoms with Gasteiger partial charge in [-0.15, -0.1) is 0 Å². The SMILES string of the molecule is Cc1ccc(Nc2c(-c3ccncc3)nc3n2C=CN(C(=O)CN)C3)cc1. The highest BCUT2D eigenvalue weighted by Crippen LogP contribution is 2.33. The molecule has 0 fully saturated rings. The minimum Gasteiger partial charge on any atom is -0.339 e. The molecule has 1 aliphatic heterocycles. The molecular formula is C20H20N6O. The number of nitrogens with two attached hydrogens (primary N) is 1. The third-order valence-corrected chi connectivity index (χ3v) is 4.45. The number of rotatable bonds is 4. The second-order valence-electron chi connectivity index (χ2n) is 6.35. The predicted molar refractivity (Wildman–Crippen MR) is 105 cm³/mol. The number of anilines is 2. The van der Waals surface area contributed by atoms with Gasteiger partial charge < -0.3 is 16.0 Å². The predicted octanol–water partition coefficient (Wildman–Crippen LogP) is 2.73. The van der Waals surface area contributed by atoms with Crippen LogP contribution in [0.25, 0.3) is 17.5 Å². The van der Waals surface area contributed by atoms with Gasteiger partial charge >= 0.3 is 0 Å². The Labute approximate surface area is 157 Å². The van der Waals surface area contributed by atoms with Crippen molar-refractivity contribution < 1.29 is 4.79 Å². The van der Waals surface area contributed by atoms with Gasteiger partial charge in [0.05, 0.1) is 13.1 Å². The van der Waals surface area contributed by atoms with Crippen molar-refractivity contribution in [3.8, 4) is 11.3 Å². The van der Waals surface area contributed by atoms with Gasteiger partial charge in [0.25, 0.3) is 0 Å². The summed E-state index contributed by atoms with van der Waals surface area (Å²) >= 11 is 0. The first-order valence-corrected chi connectivity index (χ1v) is 8.69. The first-order chi connectivity index (χ1) is 13.2. The van der Waals surface area contributed by atoms with Crippen LogP contribution in [-0.4, -0.2) is 31.9 Å². The van der Waals surface area contributed by atoms with Crippen molar-refractivity contribution in [2.75, 3.05) is 11.9 Å². The molecule has 0 aliphatic carbocycles. The fraction of sp³-hybridized carbons (Fsp3) is 0.150. The number of hydrogen-bond acceptors (Lipinski definition) is 5. The summed E-state index contributed by atoms with van der Waals surface area (Å²) in [6.07, 6.45) is 7.05. The third-order valence-electron chi connectivity index (χ3n) is 4.45. The number of nitrogens with zero attached hydrogens (tertiary/aromatic N) is 4. The summed E-state index contributed by atoms with van der Waals surface area (Å²) in [4.78, 5) is 22.4. The van der Waals surface area contributed by atoms with Gasteiger partial charge in [-0.2, -0.15) is 0 Å². The summed E-state index contributed by atoms with van der Waals surface area (Å²) in [5, 5.41) is 3.47. The molecule has 0 saturated heterocycles. The third kappa shape index (κ3) is 3.32. The second kappa shape index (κ2) is 7.05. The van der Waals surface area contributed by atoms with E-state index in [4.69, 9.17) is 10.7 Å². The molecule has 0 unspecified atom stereocenters. The molecule has 1 aliphatic rings. The number of benzene rings is 1. The normalized spacial score (nSPS) is 12.7. The van der Waals surface area contributed by atoms with Crippen molar-refractivity contribution in [3.63, 3.8) is 0 Å². The zero-order chi connectivity index (χ0) is 18.8. The quantitative estimate of drug-likeness (QED) is 0.747. The van der Waals surface area contributed by atoms with Crippen LogP contribution in [-0.2, 0) is 11.3 Å².